The van der Waals surface area contributed by atoms with Crippen molar-refractivity contribution in [2.75, 3.05) is 11.4 Å². The van der Waals surface area contributed by atoms with Gasteiger partial charge in [0.05, 0.1) is 16.5 Å². The largest absolute Gasteiger partial charge is 0.337 e. The molecule has 0 aliphatic rings. The molecule has 0 unspecified atom stereocenters. The molecule has 150 valence electrons. The zero-order valence-electron chi connectivity index (χ0n) is 15.8. The summed E-state index contributed by atoms with van der Waals surface area (Å²) in [4.78, 5) is 23.5. The predicted octanol–water partition coefficient (Wildman–Crippen LogP) is 5.10. The highest BCUT2D eigenvalue weighted by Crippen LogP contribution is 2.30. The van der Waals surface area contributed by atoms with Gasteiger partial charge in [0, 0.05) is 31.0 Å². The van der Waals surface area contributed by atoms with Crippen molar-refractivity contribution >= 4 is 45.0 Å². The van der Waals surface area contributed by atoms with Gasteiger partial charge in [0.1, 0.15) is 5.82 Å². The van der Waals surface area contributed by atoms with Crippen molar-refractivity contribution in [3.05, 3.63) is 78.1 Å². The van der Waals surface area contributed by atoms with Crippen LogP contribution in [0.4, 0.5) is 9.52 Å². The third kappa shape index (κ3) is 4.81. The first-order valence-corrected chi connectivity index (χ1v) is 9.82. The Morgan fingerprint density at radius 1 is 1.24 bits per heavy atom. The average Bonchev–Trinajstić information content (AvgIpc) is 3.34. The summed E-state index contributed by atoms with van der Waals surface area (Å²) in [5.74, 6) is -0.676. The summed E-state index contributed by atoms with van der Waals surface area (Å²) in [7, 11) is 0. The maximum Gasteiger partial charge on any atom is 0.260 e. The van der Waals surface area contributed by atoms with Gasteiger partial charge in [-0.15, -0.1) is 12.4 Å². The van der Waals surface area contributed by atoms with Crippen molar-refractivity contribution in [2.45, 2.75) is 19.9 Å². The first-order chi connectivity index (χ1) is 13.6. The van der Waals surface area contributed by atoms with E-state index in [0.717, 1.165) is 28.7 Å². The zero-order valence-corrected chi connectivity index (χ0v) is 17.4. The molecule has 5 nitrogen and oxygen atoms in total. The molecular weight excluding hydrogens is 411 g/mol. The van der Waals surface area contributed by atoms with Gasteiger partial charge >= 0.3 is 0 Å². The molecule has 0 atom stereocenters. The summed E-state index contributed by atoms with van der Waals surface area (Å²) in [5, 5.41) is 0.625. The van der Waals surface area contributed by atoms with Gasteiger partial charge in [-0.2, -0.15) is 0 Å². The molecule has 4 aromatic rings. The number of amides is 1. The number of halogens is 2. The average molecular weight is 431 g/mol. The van der Waals surface area contributed by atoms with E-state index in [-0.39, 0.29) is 18.3 Å². The number of fused-ring (bicyclic) bond motifs is 1. The first-order valence-electron chi connectivity index (χ1n) is 9.00. The van der Waals surface area contributed by atoms with Gasteiger partial charge in [0.15, 0.2) is 5.13 Å². The standard InChI is InChI=1S/C21H19FN4OS.ClH/c1-15-6-7-18-19(12-15)28-21(24-18)26(10-3-9-25-11-8-23-14-25)20(27)16-4-2-5-17(22)13-16;/h2,4-8,11-14H,3,9-10H2,1H3;1H. The molecule has 2 aromatic heterocycles. The van der Waals surface area contributed by atoms with Gasteiger partial charge in [-0.05, 0) is 49.2 Å². The van der Waals surface area contributed by atoms with Crippen LogP contribution in [0.5, 0.6) is 0 Å². The number of carbonyl (C=O) groups excluding carboxylic acids is 1. The molecule has 0 aliphatic heterocycles. The van der Waals surface area contributed by atoms with Gasteiger partial charge in [0.25, 0.3) is 5.91 Å². The summed E-state index contributed by atoms with van der Waals surface area (Å²) in [6.45, 7) is 3.24. The number of thiazole rings is 1. The molecule has 1 amide bonds. The number of carbonyl (C=O) groups is 1. The van der Waals surface area contributed by atoms with Crippen LogP contribution in [0.3, 0.4) is 0 Å². The van der Waals surface area contributed by atoms with E-state index in [4.69, 9.17) is 0 Å². The van der Waals surface area contributed by atoms with Crippen molar-refractivity contribution in [1.29, 1.82) is 0 Å². The van der Waals surface area contributed by atoms with E-state index >= 15 is 0 Å². The van der Waals surface area contributed by atoms with Gasteiger partial charge in [-0.1, -0.05) is 23.5 Å². The molecule has 29 heavy (non-hydrogen) atoms. The normalized spacial score (nSPS) is 10.7. The number of nitrogens with zero attached hydrogens (tertiary/aromatic N) is 4. The minimum atomic E-state index is -0.427. The van der Waals surface area contributed by atoms with Crippen molar-refractivity contribution in [3.8, 4) is 0 Å². The lowest BCUT2D eigenvalue weighted by Crippen LogP contribution is -2.32. The number of imidazole rings is 1. The Morgan fingerprint density at radius 2 is 2.10 bits per heavy atom. The van der Waals surface area contributed by atoms with Gasteiger partial charge in [-0.25, -0.2) is 14.4 Å². The first kappa shape index (κ1) is 21.0. The Hall–Kier alpha value is -2.77. The van der Waals surface area contributed by atoms with Crippen molar-refractivity contribution in [2.24, 2.45) is 0 Å². The van der Waals surface area contributed by atoms with Crippen LogP contribution in [0.15, 0.2) is 61.2 Å². The van der Waals surface area contributed by atoms with E-state index < -0.39 is 5.82 Å². The second-order valence-electron chi connectivity index (χ2n) is 6.59. The van der Waals surface area contributed by atoms with Crippen LogP contribution in [0, 0.1) is 12.7 Å². The Kier molecular flexibility index (Phi) is 6.61. The lowest BCUT2D eigenvalue weighted by molar-refractivity contribution is 0.0986. The molecule has 0 N–H and O–H groups in total. The number of benzene rings is 2. The van der Waals surface area contributed by atoms with Crippen molar-refractivity contribution in [3.63, 3.8) is 0 Å². The number of hydrogen-bond donors (Lipinski definition) is 0. The summed E-state index contributed by atoms with van der Waals surface area (Å²) < 4.78 is 16.6. The molecule has 2 heterocycles. The highest BCUT2D eigenvalue weighted by molar-refractivity contribution is 7.22. The second kappa shape index (κ2) is 9.15. The molecule has 2 aromatic carbocycles. The van der Waals surface area contributed by atoms with Crippen LogP contribution in [-0.4, -0.2) is 27.0 Å². The maximum absolute atomic E-state index is 13.6. The third-order valence-corrected chi connectivity index (χ3v) is 5.48. The van der Waals surface area contributed by atoms with E-state index in [0.29, 0.717) is 17.2 Å². The van der Waals surface area contributed by atoms with E-state index in [1.165, 1.54) is 23.5 Å². The van der Waals surface area contributed by atoms with E-state index in [1.54, 1.807) is 29.6 Å². The van der Waals surface area contributed by atoms with Crippen molar-refractivity contribution in [1.82, 2.24) is 14.5 Å². The Bertz CT molecular complexity index is 1110. The maximum atomic E-state index is 13.6. The number of rotatable bonds is 6. The van der Waals surface area contributed by atoms with Crippen LogP contribution in [-0.2, 0) is 6.54 Å². The van der Waals surface area contributed by atoms with E-state index in [2.05, 4.69) is 16.0 Å². The fourth-order valence-electron chi connectivity index (χ4n) is 3.03. The zero-order chi connectivity index (χ0) is 19.5. The number of hydrogen-bond acceptors (Lipinski definition) is 4. The third-order valence-electron chi connectivity index (χ3n) is 4.44. The molecule has 0 aliphatic carbocycles. The lowest BCUT2D eigenvalue weighted by atomic mass is 10.2. The molecule has 8 heteroatoms. The Morgan fingerprint density at radius 3 is 2.86 bits per heavy atom. The fraction of sp³-hybridized carbons (Fsp3) is 0.190. The summed E-state index contributed by atoms with van der Waals surface area (Å²) >= 11 is 1.48. The number of anilines is 1. The van der Waals surface area contributed by atoms with Crippen molar-refractivity contribution < 1.29 is 9.18 Å². The quantitative estimate of drug-likeness (QED) is 0.427. The molecular formula is C21H20ClFN4OS. The molecule has 0 bridgehead atoms. The topological polar surface area (TPSA) is 51.0 Å². The van der Waals surface area contributed by atoms with Gasteiger partial charge in [0.2, 0.25) is 0 Å². The molecule has 0 saturated heterocycles. The smallest absolute Gasteiger partial charge is 0.260 e. The van der Waals surface area contributed by atoms with Gasteiger partial charge < -0.3 is 4.57 Å². The summed E-state index contributed by atoms with van der Waals surface area (Å²) in [5.41, 5.74) is 2.32. The molecule has 0 fully saturated rings. The molecule has 0 radical (unpaired) electrons. The second-order valence-corrected chi connectivity index (χ2v) is 7.60. The monoisotopic (exact) mass is 430 g/mol. The SMILES string of the molecule is Cc1ccc2nc(N(CCCn3ccnc3)C(=O)c3cccc(F)c3)sc2c1.Cl. The minimum Gasteiger partial charge on any atom is -0.337 e. The highest BCUT2D eigenvalue weighted by Gasteiger charge is 2.21. The molecule has 0 spiro atoms. The lowest BCUT2D eigenvalue weighted by Gasteiger charge is -2.20. The predicted molar refractivity (Wildman–Crippen MR) is 117 cm³/mol. The van der Waals surface area contributed by atoms with Crippen LogP contribution in [0.2, 0.25) is 0 Å². The van der Waals surface area contributed by atoms with Gasteiger partial charge in [-0.3, -0.25) is 9.69 Å². The van der Waals surface area contributed by atoms with E-state index in [1.807, 2.05) is 29.8 Å². The number of aromatic nitrogens is 3. The van der Waals surface area contributed by atoms with Crippen LogP contribution in [0.1, 0.15) is 22.3 Å². The minimum absolute atomic E-state index is 0. The van der Waals surface area contributed by atoms with E-state index in [9.17, 15) is 9.18 Å². The van der Waals surface area contributed by atoms with Crippen LogP contribution in [0.25, 0.3) is 10.2 Å². The summed E-state index contributed by atoms with van der Waals surface area (Å²) in [6.07, 6.45) is 6.09. The Labute approximate surface area is 178 Å². The number of aryl methyl sites for hydroxylation is 2. The fourth-order valence-corrected chi connectivity index (χ4v) is 4.12. The summed E-state index contributed by atoms with van der Waals surface area (Å²) in [6, 6.07) is 11.8. The molecule has 0 saturated carbocycles. The highest BCUT2D eigenvalue weighted by atomic mass is 35.5. The Balaban J connectivity index is 0.00000240. The van der Waals surface area contributed by atoms with Crippen LogP contribution < -0.4 is 4.90 Å². The molecule has 4 rings (SSSR count). The van der Waals surface area contributed by atoms with Crippen LogP contribution >= 0.6 is 23.7 Å².